The highest BCUT2D eigenvalue weighted by molar-refractivity contribution is 9.10. The van der Waals surface area contributed by atoms with E-state index in [1.54, 1.807) is 0 Å². The molecular weight excluding hydrogens is 312 g/mol. The predicted molar refractivity (Wildman–Crippen MR) is 89.9 cm³/mol. The molecule has 1 aliphatic rings. The number of nitrogens with zero attached hydrogens (tertiary/aromatic N) is 1. The second kappa shape index (κ2) is 6.17. The van der Waals surface area contributed by atoms with Crippen molar-refractivity contribution in [3.63, 3.8) is 0 Å². The molecule has 1 fully saturated rings. The number of halogens is 1. The van der Waals surface area contributed by atoms with Gasteiger partial charge in [0.1, 0.15) is 0 Å². The van der Waals surface area contributed by atoms with Crippen molar-refractivity contribution in [1.29, 1.82) is 0 Å². The molecule has 1 saturated heterocycles. The Balaban J connectivity index is 2.17. The zero-order chi connectivity index (χ0) is 14.8. The second-order valence-corrected chi connectivity index (χ2v) is 7.52. The van der Waals surface area contributed by atoms with Gasteiger partial charge in [-0.25, -0.2) is 0 Å². The Morgan fingerprint density at radius 2 is 1.80 bits per heavy atom. The molecule has 3 heteroatoms. The third-order valence-corrected chi connectivity index (χ3v) is 5.56. The van der Waals surface area contributed by atoms with Crippen molar-refractivity contribution in [1.82, 2.24) is 10.2 Å². The van der Waals surface area contributed by atoms with Gasteiger partial charge in [-0.05, 0) is 44.4 Å². The lowest BCUT2D eigenvalue weighted by molar-refractivity contribution is 0.0104. The van der Waals surface area contributed by atoms with E-state index in [1.165, 1.54) is 18.4 Å². The summed E-state index contributed by atoms with van der Waals surface area (Å²) in [5.41, 5.74) is 1.89. The Morgan fingerprint density at radius 1 is 1.15 bits per heavy atom. The van der Waals surface area contributed by atoms with E-state index in [1.807, 2.05) is 0 Å². The number of hydrogen-bond acceptors (Lipinski definition) is 2. The first-order valence-electron chi connectivity index (χ1n) is 7.65. The van der Waals surface area contributed by atoms with E-state index in [2.05, 4.69) is 78.1 Å². The van der Waals surface area contributed by atoms with Crippen LogP contribution in [0.2, 0.25) is 0 Å². The van der Waals surface area contributed by atoms with Crippen molar-refractivity contribution < 1.29 is 0 Å². The number of benzene rings is 1. The first-order chi connectivity index (χ1) is 9.41. The molecule has 1 N–H and O–H groups in total. The summed E-state index contributed by atoms with van der Waals surface area (Å²) in [4.78, 5) is 2.66. The largest absolute Gasteiger partial charge is 0.308 e. The van der Waals surface area contributed by atoms with Crippen LogP contribution in [-0.2, 0) is 6.54 Å². The van der Waals surface area contributed by atoms with E-state index in [0.717, 1.165) is 24.1 Å². The molecule has 1 heterocycles. The van der Waals surface area contributed by atoms with Crippen LogP contribution >= 0.6 is 15.9 Å². The van der Waals surface area contributed by atoms with Crippen LogP contribution in [0, 0.1) is 0 Å². The van der Waals surface area contributed by atoms with Gasteiger partial charge in [-0.3, -0.25) is 4.90 Å². The minimum Gasteiger partial charge on any atom is -0.308 e. The number of piperazine rings is 1. The van der Waals surface area contributed by atoms with E-state index < -0.39 is 0 Å². The summed E-state index contributed by atoms with van der Waals surface area (Å²) < 4.78 is 1.15. The second-order valence-electron chi connectivity index (χ2n) is 6.60. The highest BCUT2D eigenvalue weighted by Crippen LogP contribution is 2.30. The molecule has 0 radical (unpaired) electrons. The van der Waals surface area contributed by atoms with E-state index in [9.17, 15) is 0 Å². The average molecular weight is 339 g/mol. The van der Waals surface area contributed by atoms with Crippen LogP contribution in [-0.4, -0.2) is 29.1 Å². The highest BCUT2D eigenvalue weighted by Gasteiger charge is 2.40. The lowest BCUT2D eigenvalue weighted by Gasteiger charge is -2.52. The van der Waals surface area contributed by atoms with Gasteiger partial charge >= 0.3 is 0 Å². The average Bonchev–Trinajstić information content (AvgIpc) is 2.46. The van der Waals surface area contributed by atoms with Crippen LogP contribution in [0.15, 0.2) is 28.7 Å². The van der Waals surface area contributed by atoms with E-state index in [4.69, 9.17) is 0 Å². The minimum absolute atomic E-state index is 0.240. The van der Waals surface area contributed by atoms with Crippen LogP contribution in [0.1, 0.15) is 46.1 Å². The van der Waals surface area contributed by atoms with Gasteiger partial charge < -0.3 is 5.32 Å². The smallest absolute Gasteiger partial charge is 0.0307 e. The van der Waals surface area contributed by atoms with Gasteiger partial charge in [-0.2, -0.15) is 0 Å². The molecule has 2 unspecified atom stereocenters. The topological polar surface area (TPSA) is 15.3 Å². The molecule has 1 aromatic rings. The van der Waals surface area contributed by atoms with E-state index in [0.29, 0.717) is 0 Å². The van der Waals surface area contributed by atoms with Crippen LogP contribution in [0.25, 0.3) is 0 Å². The van der Waals surface area contributed by atoms with Gasteiger partial charge in [0.15, 0.2) is 0 Å². The Hall–Kier alpha value is -0.380. The first-order valence-corrected chi connectivity index (χ1v) is 8.44. The van der Waals surface area contributed by atoms with Crippen molar-refractivity contribution in [3.05, 3.63) is 34.3 Å². The molecule has 1 aliphatic heterocycles. The van der Waals surface area contributed by atoms with Gasteiger partial charge in [0, 0.05) is 35.2 Å². The number of hydrogen-bond donors (Lipinski definition) is 1. The molecule has 2 rings (SSSR count). The van der Waals surface area contributed by atoms with Crippen molar-refractivity contribution in [2.45, 2.75) is 58.2 Å². The van der Waals surface area contributed by atoms with Gasteiger partial charge in [0.05, 0.1) is 0 Å². The highest BCUT2D eigenvalue weighted by atomic mass is 79.9. The summed E-state index contributed by atoms with van der Waals surface area (Å²) in [7, 11) is 0. The summed E-state index contributed by atoms with van der Waals surface area (Å²) in [6.45, 7) is 12.5. The summed E-state index contributed by atoms with van der Waals surface area (Å²) in [6, 6.07) is 8.73. The fourth-order valence-electron chi connectivity index (χ4n) is 2.83. The lowest BCUT2D eigenvalue weighted by Crippen LogP contribution is -2.67. The molecule has 0 spiro atoms. The van der Waals surface area contributed by atoms with Crippen LogP contribution in [0.4, 0.5) is 0 Å². The van der Waals surface area contributed by atoms with Gasteiger partial charge in [0.25, 0.3) is 0 Å². The Labute approximate surface area is 132 Å². The maximum Gasteiger partial charge on any atom is 0.0307 e. The fraction of sp³-hybridized carbons (Fsp3) is 0.647. The summed E-state index contributed by atoms with van der Waals surface area (Å²) in [6.07, 6.45) is 2.35. The molecule has 0 bridgehead atoms. The quantitative estimate of drug-likeness (QED) is 0.885. The molecule has 0 amide bonds. The van der Waals surface area contributed by atoms with Crippen molar-refractivity contribution >= 4 is 15.9 Å². The van der Waals surface area contributed by atoms with Crippen molar-refractivity contribution in [2.24, 2.45) is 0 Å². The molecule has 2 nitrogen and oxygen atoms in total. The normalized spacial score (nSPS) is 31.4. The number of rotatable bonds is 4. The van der Waals surface area contributed by atoms with E-state index >= 15 is 0 Å². The zero-order valence-electron chi connectivity index (χ0n) is 13.2. The molecule has 0 aliphatic carbocycles. The molecule has 2 atom stereocenters. The van der Waals surface area contributed by atoms with E-state index in [-0.39, 0.29) is 11.1 Å². The molecule has 20 heavy (non-hydrogen) atoms. The fourth-order valence-corrected chi connectivity index (χ4v) is 3.09. The molecule has 1 aromatic carbocycles. The lowest BCUT2D eigenvalue weighted by atomic mass is 9.85. The zero-order valence-corrected chi connectivity index (χ0v) is 14.8. The monoisotopic (exact) mass is 338 g/mol. The summed E-state index contributed by atoms with van der Waals surface area (Å²) in [5, 5.41) is 3.76. The third-order valence-electron chi connectivity index (χ3n) is 5.03. The summed E-state index contributed by atoms with van der Waals surface area (Å²) in [5.74, 6) is 0. The third kappa shape index (κ3) is 3.44. The Kier molecular flexibility index (Phi) is 4.93. The van der Waals surface area contributed by atoms with Crippen molar-refractivity contribution in [3.8, 4) is 0 Å². The molecule has 112 valence electrons. The van der Waals surface area contributed by atoms with Crippen LogP contribution in [0.5, 0.6) is 0 Å². The van der Waals surface area contributed by atoms with Crippen LogP contribution < -0.4 is 5.32 Å². The SMILES string of the molecule is CCC1(C)CN(Cc2ccc(Br)cc2)C(C)(CC)CN1. The summed E-state index contributed by atoms with van der Waals surface area (Å²) >= 11 is 3.51. The van der Waals surface area contributed by atoms with Gasteiger partial charge in [-0.15, -0.1) is 0 Å². The maximum absolute atomic E-state index is 3.76. The number of nitrogens with one attached hydrogen (secondary N) is 1. The standard InChI is InChI=1S/C17H27BrN2/c1-5-16(3)13-20(17(4,6-2)12-19-16)11-14-7-9-15(18)10-8-14/h7-10,19H,5-6,11-13H2,1-4H3. The van der Waals surface area contributed by atoms with Gasteiger partial charge in [0.2, 0.25) is 0 Å². The van der Waals surface area contributed by atoms with Crippen molar-refractivity contribution in [2.75, 3.05) is 13.1 Å². The molecule has 0 aromatic heterocycles. The molecular formula is C17H27BrN2. The van der Waals surface area contributed by atoms with Gasteiger partial charge in [-0.1, -0.05) is 41.9 Å². The van der Waals surface area contributed by atoms with Crippen LogP contribution in [0.3, 0.4) is 0 Å². The minimum atomic E-state index is 0.240. The first kappa shape index (κ1) is 16.0. The predicted octanol–water partition coefficient (Wildman–Crippen LogP) is 4.19. The molecule has 0 saturated carbocycles. The Morgan fingerprint density at radius 3 is 2.35 bits per heavy atom. The Bertz CT molecular complexity index is 445. The maximum atomic E-state index is 3.76.